The summed E-state index contributed by atoms with van der Waals surface area (Å²) in [6, 6.07) is 16.0. The lowest BCUT2D eigenvalue weighted by atomic mass is 10.0. The van der Waals surface area contributed by atoms with E-state index in [0.29, 0.717) is 17.2 Å². The van der Waals surface area contributed by atoms with E-state index >= 15 is 0 Å². The van der Waals surface area contributed by atoms with Gasteiger partial charge < -0.3 is 5.73 Å². The van der Waals surface area contributed by atoms with Gasteiger partial charge >= 0.3 is 12.4 Å². The van der Waals surface area contributed by atoms with E-state index in [1.807, 2.05) is 0 Å². The molecular weight excluding hydrogens is 494 g/mol. The molecule has 35 heavy (non-hydrogen) atoms. The first-order valence-electron chi connectivity index (χ1n) is 9.86. The molecule has 0 fully saturated rings. The number of halogens is 6. The van der Waals surface area contributed by atoms with Crippen LogP contribution in [0.2, 0.25) is 0 Å². The van der Waals surface area contributed by atoms with Crippen molar-refractivity contribution < 1.29 is 34.8 Å². The molecule has 0 bridgehead atoms. The van der Waals surface area contributed by atoms with Gasteiger partial charge in [0.15, 0.2) is 9.84 Å². The highest BCUT2D eigenvalue weighted by molar-refractivity contribution is 7.90. The van der Waals surface area contributed by atoms with Crippen LogP contribution in [0.25, 0.3) is 11.1 Å². The van der Waals surface area contributed by atoms with Gasteiger partial charge in [-0.15, -0.1) is 0 Å². The van der Waals surface area contributed by atoms with Gasteiger partial charge in [-0.2, -0.15) is 26.3 Å². The molecule has 3 aromatic rings. The van der Waals surface area contributed by atoms with Crippen molar-refractivity contribution in [1.82, 2.24) is 0 Å². The molecule has 184 valence electrons. The van der Waals surface area contributed by atoms with Crippen molar-refractivity contribution in [3.63, 3.8) is 0 Å². The van der Waals surface area contributed by atoms with E-state index in [9.17, 15) is 34.8 Å². The largest absolute Gasteiger partial charge is 0.430 e. The maximum Gasteiger partial charge on any atom is 0.430 e. The first-order valence-corrected chi connectivity index (χ1v) is 11.8. The third-order valence-corrected chi connectivity index (χ3v) is 5.95. The molecule has 0 radical (unpaired) electrons. The maximum absolute atomic E-state index is 13.5. The molecule has 0 amide bonds. The van der Waals surface area contributed by atoms with E-state index in [4.69, 9.17) is 5.73 Å². The quantitative estimate of drug-likeness (QED) is 0.322. The molecule has 4 nitrogen and oxygen atoms in total. The molecular formula is C24H18F6N2O2S. The van der Waals surface area contributed by atoms with Crippen molar-refractivity contribution >= 4 is 21.2 Å². The lowest BCUT2D eigenvalue weighted by Gasteiger charge is -2.14. The molecule has 3 rings (SSSR count). The molecule has 0 heterocycles. The number of aliphatic imine (C=N–C) groups is 1. The SMILES string of the molecule is CS(=O)(=O)c1cccc(-c2ccc(N=C(/C=C(\N)C(F)(F)F)c3ccccc3C(F)(F)F)cc2)c1. The van der Waals surface area contributed by atoms with Crippen LogP contribution in [0.1, 0.15) is 11.1 Å². The zero-order chi connectivity index (χ0) is 26.0. The third-order valence-electron chi connectivity index (χ3n) is 4.84. The summed E-state index contributed by atoms with van der Waals surface area (Å²) in [6.45, 7) is 0. The van der Waals surface area contributed by atoms with Gasteiger partial charge in [0.25, 0.3) is 0 Å². The Morgan fingerprint density at radius 1 is 0.857 bits per heavy atom. The van der Waals surface area contributed by atoms with Crippen molar-refractivity contribution in [3.8, 4) is 11.1 Å². The second-order valence-corrected chi connectivity index (χ2v) is 9.50. The van der Waals surface area contributed by atoms with Crippen LogP contribution in [-0.2, 0) is 16.0 Å². The summed E-state index contributed by atoms with van der Waals surface area (Å²) >= 11 is 0. The summed E-state index contributed by atoms with van der Waals surface area (Å²) in [6.07, 6.45) is -8.40. The Hall–Kier alpha value is -3.60. The third kappa shape index (κ3) is 6.50. The monoisotopic (exact) mass is 512 g/mol. The smallest absolute Gasteiger partial charge is 0.395 e. The minimum Gasteiger partial charge on any atom is -0.395 e. The Morgan fingerprint density at radius 3 is 2.06 bits per heavy atom. The predicted octanol–water partition coefficient (Wildman–Crippen LogP) is 6.30. The van der Waals surface area contributed by atoms with Crippen LogP contribution < -0.4 is 5.73 Å². The average molecular weight is 512 g/mol. The number of alkyl halides is 6. The van der Waals surface area contributed by atoms with Crippen molar-refractivity contribution in [2.24, 2.45) is 10.7 Å². The molecule has 0 aliphatic carbocycles. The number of nitrogens with two attached hydrogens (primary N) is 1. The van der Waals surface area contributed by atoms with Crippen molar-refractivity contribution in [3.05, 3.63) is 95.7 Å². The number of allylic oxidation sites excluding steroid dienone is 2. The van der Waals surface area contributed by atoms with Gasteiger partial charge in [0.05, 0.1) is 21.9 Å². The van der Waals surface area contributed by atoms with Crippen LogP contribution >= 0.6 is 0 Å². The first-order chi connectivity index (χ1) is 16.2. The number of sulfone groups is 1. The van der Waals surface area contributed by atoms with E-state index in [-0.39, 0.29) is 10.6 Å². The van der Waals surface area contributed by atoms with E-state index in [2.05, 4.69) is 4.99 Å². The van der Waals surface area contributed by atoms with Crippen LogP contribution in [0, 0.1) is 0 Å². The Bertz CT molecular complexity index is 1390. The van der Waals surface area contributed by atoms with Crippen molar-refractivity contribution in [2.75, 3.05) is 6.26 Å². The number of hydrogen-bond donors (Lipinski definition) is 1. The number of nitrogens with zero attached hydrogens (tertiary/aromatic N) is 1. The van der Waals surface area contributed by atoms with Crippen LogP contribution in [-0.4, -0.2) is 26.6 Å². The van der Waals surface area contributed by atoms with Crippen molar-refractivity contribution in [2.45, 2.75) is 17.2 Å². The topological polar surface area (TPSA) is 72.5 Å². The van der Waals surface area contributed by atoms with Gasteiger partial charge in [-0.25, -0.2) is 13.4 Å². The van der Waals surface area contributed by atoms with Gasteiger partial charge in [-0.1, -0.05) is 42.5 Å². The summed E-state index contributed by atoms with van der Waals surface area (Å²) in [4.78, 5) is 4.11. The molecule has 11 heteroatoms. The highest BCUT2D eigenvalue weighted by Gasteiger charge is 2.35. The summed E-state index contributed by atoms with van der Waals surface area (Å²) < 4.78 is 103. The number of rotatable bonds is 5. The highest BCUT2D eigenvalue weighted by Crippen LogP contribution is 2.34. The van der Waals surface area contributed by atoms with E-state index < -0.39 is 44.7 Å². The fourth-order valence-electron chi connectivity index (χ4n) is 3.13. The van der Waals surface area contributed by atoms with Gasteiger partial charge in [0.1, 0.15) is 5.70 Å². The second kappa shape index (κ2) is 9.57. The van der Waals surface area contributed by atoms with Crippen molar-refractivity contribution in [1.29, 1.82) is 0 Å². The maximum atomic E-state index is 13.5. The standard InChI is InChI=1S/C24H18F6N2O2S/c1-35(33,34)18-6-4-5-16(13-18)15-9-11-17(12-10-15)32-21(14-22(31)24(28,29)30)19-7-2-3-8-20(19)23(25,26)27/h2-14H,31H2,1H3/b22-14-,32-21?. The van der Waals surface area contributed by atoms with Crippen LogP contribution in [0.4, 0.5) is 32.0 Å². The normalized spacial score (nSPS) is 13.7. The number of benzene rings is 3. The zero-order valence-electron chi connectivity index (χ0n) is 18.0. The summed E-state index contributed by atoms with van der Waals surface area (Å²) in [5, 5.41) is 0. The fraction of sp³-hybridized carbons (Fsp3) is 0.125. The Morgan fingerprint density at radius 2 is 1.49 bits per heavy atom. The molecule has 0 aromatic heterocycles. The van der Waals surface area contributed by atoms with Gasteiger partial charge in [0, 0.05) is 11.8 Å². The molecule has 2 N–H and O–H groups in total. The number of hydrogen-bond acceptors (Lipinski definition) is 4. The molecule has 0 saturated heterocycles. The molecule has 0 saturated carbocycles. The first kappa shape index (κ1) is 26.0. The van der Waals surface area contributed by atoms with Crippen LogP contribution in [0.15, 0.2) is 94.5 Å². The Labute approximate surface area is 197 Å². The Balaban J connectivity index is 2.10. The average Bonchev–Trinajstić information content (AvgIpc) is 2.77. The van der Waals surface area contributed by atoms with Gasteiger partial charge in [-0.3, -0.25) is 0 Å². The molecule has 0 aliphatic heterocycles. The van der Waals surface area contributed by atoms with Gasteiger partial charge in [0.2, 0.25) is 0 Å². The summed E-state index contributed by atoms with van der Waals surface area (Å²) in [5.41, 5.74) is 2.28. The molecule has 3 aromatic carbocycles. The Kier molecular flexibility index (Phi) is 7.11. The molecule has 0 aliphatic rings. The fourth-order valence-corrected chi connectivity index (χ4v) is 3.79. The van der Waals surface area contributed by atoms with Crippen LogP contribution in [0.3, 0.4) is 0 Å². The zero-order valence-corrected chi connectivity index (χ0v) is 18.8. The molecule has 0 spiro atoms. The summed E-state index contributed by atoms with van der Waals surface area (Å²) in [7, 11) is -3.45. The second-order valence-electron chi connectivity index (χ2n) is 7.48. The minimum atomic E-state index is -4.97. The van der Waals surface area contributed by atoms with E-state index in [1.165, 1.54) is 42.5 Å². The summed E-state index contributed by atoms with van der Waals surface area (Å²) in [5.74, 6) is 0. The van der Waals surface area contributed by atoms with Crippen LogP contribution in [0.5, 0.6) is 0 Å². The minimum absolute atomic E-state index is 0.0613. The predicted molar refractivity (Wildman–Crippen MR) is 121 cm³/mol. The molecule has 0 unspecified atom stereocenters. The van der Waals surface area contributed by atoms with E-state index in [1.54, 1.807) is 12.1 Å². The lowest BCUT2D eigenvalue weighted by molar-refractivity contribution is -0.137. The molecule has 0 atom stereocenters. The highest BCUT2D eigenvalue weighted by atomic mass is 32.2. The van der Waals surface area contributed by atoms with Gasteiger partial charge in [-0.05, 0) is 47.5 Å². The lowest BCUT2D eigenvalue weighted by Crippen LogP contribution is -2.21. The van der Waals surface area contributed by atoms with E-state index in [0.717, 1.165) is 24.5 Å².